The molecule has 3 rings (SSSR count). The second-order valence-electron chi connectivity index (χ2n) is 6.51. The van der Waals surface area contributed by atoms with Gasteiger partial charge in [0.2, 0.25) is 0 Å². The maximum atomic E-state index is 3.76. The summed E-state index contributed by atoms with van der Waals surface area (Å²) in [5.74, 6) is 0.953. The molecule has 2 fully saturated rings. The largest absolute Gasteiger partial charge is 0.313 e. The van der Waals surface area contributed by atoms with E-state index in [9.17, 15) is 0 Å². The van der Waals surface area contributed by atoms with E-state index in [1.165, 1.54) is 55.1 Å². The van der Waals surface area contributed by atoms with Crippen LogP contribution in [0.2, 0.25) is 0 Å². The number of rotatable bonds is 6. The lowest BCUT2D eigenvalue weighted by atomic mass is 9.57. The zero-order valence-electron chi connectivity index (χ0n) is 11.8. The molecule has 0 unspecified atom stereocenters. The predicted octanol–water partition coefficient (Wildman–Crippen LogP) is 4.65. The number of benzene rings is 1. The average Bonchev–Trinajstić information content (AvgIpc) is 3.17. The van der Waals surface area contributed by atoms with Crippen LogP contribution in [0.5, 0.6) is 0 Å². The van der Waals surface area contributed by atoms with Gasteiger partial charge in [-0.2, -0.15) is 0 Å². The van der Waals surface area contributed by atoms with Crippen molar-refractivity contribution >= 4 is 15.9 Å². The van der Waals surface area contributed by atoms with Crippen molar-refractivity contribution in [3.05, 3.63) is 34.3 Å². The molecule has 1 nitrogen and oxygen atoms in total. The van der Waals surface area contributed by atoms with Gasteiger partial charge in [-0.15, -0.1) is 0 Å². The minimum Gasteiger partial charge on any atom is -0.313 e. The molecular weight excluding hydrogens is 298 g/mol. The van der Waals surface area contributed by atoms with Gasteiger partial charge < -0.3 is 5.32 Å². The minimum absolute atomic E-state index is 0.420. The van der Waals surface area contributed by atoms with Crippen molar-refractivity contribution < 1.29 is 0 Å². The fourth-order valence-corrected chi connectivity index (χ4v) is 3.83. The van der Waals surface area contributed by atoms with Gasteiger partial charge in [0.05, 0.1) is 0 Å². The fraction of sp³-hybridized carbons (Fsp3) is 0.647. The lowest BCUT2D eigenvalue weighted by Crippen LogP contribution is -2.49. The Hall–Kier alpha value is -0.340. The molecule has 1 aromatic carbocycles. The van der Waals surface area contributed by atoms with Gasteiger partial charge in [-0.05, 0) is 49.3 Å². The Balaban J connectivity index is 1.70. The zero-order chi connectivity index (χ0) is 13.3. The van der Waals surface area contributed by atoms with E-state index in [0.717, 1.165) is 12.0 Å². The number of nitrogens with one attached hydrogen (secondary N) is 1. The second kappa shape index (κ2) is 5.57. The van der Waals surface area contributed by atoms with Crippen LogP contribution in [-0.2, 0) is 5.41 Å². The summed E-state index contributed by atoms with van der Waals surface area (Å²) in [6, 6.07) is 9.85. The molecule has 0 aliphatic heterocycles. The van der Waals surface area contributed by atoms with Crippen LogP contribution in [0, 0.1) is 5.92 Å². The molecule has 0 saturated heterocycles. The highest BCUT2D eigenvalue weighted by molar-refractivity contribution is 9.10. The highest BCUT2D eigenvalue weighted by Crippen LogP contribution is 2.49. The number of hydrogen-bond donors (Lipinski definition) is 1. The van der Waals surface area contributed by atoms with Crippen molar-refractivity contribution in [1.82, 2.24) is 5.32 Å². The first-order valence-electron chi connectivity index (χ1n) is 7.71. The van der Waals surface area contributed by atoms with Crippen LogP contribution in [0.1, 0.15) is 51.0 Å². The van der Waals surface area contributed by atoms with Crippen LogP contribution in [0.4, 0.5) is 0 Å². The summed E-state index contributed by atoms with van der Waals surface area (Å²) in [5, 5.41) is 3.76. The molecule has 0 atom stereocenters. The molecule has 19 heavy (non-hydrogen) atoms. The van der Waals surface area contributed by atoms with Gasteiger partial charge in [-0.25, -0.2) is 0 Å². The Morgan fingerprint density at radius 2 is 1.89 bits per heavy atom. The number of halogens is 1. The average molecular weight is 322 g/mol. The molecular formula is C17H24BrN. The molecule has 0 aromatic heterocycles. The third-order valence-corrected chi connectivity index (χ3v) is 5.35. The molecule has 2 aliphatic rings. The van der Waals surface area contributed by atoms with Crippen molar-refractivity contribution in [3.8, 4) is 0 Å². The van der Waals surface area contributed by atoms with E-state index in [0.29, 0.717) is 5.41 Å². The van der Waals surface area contributed by atoms with Crippen molar-refractivity contribution in [2.75, 3.05) is 6.54 Å². The van der Waals surface area contributed by atoms with Gasteiger partial charge in [-0.3, -0.25) is 0 Å². The summed E-state index contributed by atoms with van der Waals surface area (Å²) >= 11 is 3.55. The maximum Gasteiger partial charge on any atom is 0.0175 e. The summed E-state index contributed by atoms with van der Waals surface area (Å²) in [6.07, 6.45) is 8.26. The Morgan fingerprint density at radius 1 is 1.21 bits per heavy atom. The monoisotopic (exact) mass is 321 g/mol. The molecule has 1 aromatic rings. The Morgan fingerprint density at radius 3 is 2.47 bits per heavy atom. The van der Waals surface area contributed by atoms with E-state index >= 15 is 0 Å². The summed E-state index contributed by atoms with van der Waals surface area (Å²) in [6.45, 7) is 3.49. The topological polar surface area (TPSA) is 12.0 Å². The van der Waals surface area contributed by atoms with E-state index < -0.39 is 0 Å². The molecule has 0 amide bonds. The summed E-state index contributed by atoms with van der Waals surface area (Å²) < 4.78 is 1.19. The Labute approximate surface area is 125 Å². The van der Waals surface area contributed by atoms with Crippen molar-refractivity contribution in [2.24, 2.45) is 5.92 Å². The predicted molar refractivity (Wildman–Crippen MR) is 84.5 cm³/mol. The van der Waals surface area contributed by atoms with E-state index in [-0.39, 0.29) is 0 Å². The maximum absolute atomic E-state index is 3.76. The van der Waals surface area contributed by atoms with E-state index in [1.54, 1.807) is 0 Å². The SMILES string of the molecule is CCCC1CC(CNC2CC2)(c2ccc(Br)cc2)C1. The van der Waals surface area contributed by atoms with Crippen molar-refractivity contribution in [3.63, 3.8) is 0 Å². The molecule has 0 heterocycles. The van der Waals surface area contributed by atoms with Crippen LogP contribution in [0.15, 0.2) is 28.7 Å². The molecule has 2 aliphatic carbocycles. The number of hydrogen-bond acceptors (Lipinski definition) is 1. The van der Waals surface area contributed by atoms with Gasteiger partial charge in [0.25, 0.3) is 0 Å². The smallest absolute Gasteiger partial charge is 0.0175 e. The highest BCUT2D eigenvalue weighted by atomic mass is 79.9. The first-order chi connectivity index (χ1) is 9.22. The lowest BCUT2D eigenvalue weighted by Gasteiger charge is -2.49. The third kappa shape index (κ3) is 3.05. The second-order valence-corrected chi connectivity index (χ2v) is 7.42. The molecule has 2 saturated carbocycles. The minimum atomic E-state index is 0.420. The fourth-order valence-electron chi connectivity index (χ4n) is 3.57. The van der Waals surface area contributed by atoms with Gasteiger partial charge in [0.15, 0.2) is 0 Å². The zero-order valence-corrected chi connectivity index (χ0v) is 13.4. The molecule has 104 valence electrons. The molecule has 0 bridgehead atoms. The summed E-state index contributed by atoms with van der Waals surface area (Å²) in [5.41, 5.74) is 1.96. The standard InChI is InChI=1S/C17H24BrN/c1-2-3-13-10-17(11-13,12-19-16-8-9-16)14-4-6-15(18)7-5-14/h4-7,13,16,19H,2-3,8-12H2,1H3. The quantitative estimate of drug-likeness (QED) is 0.804. The van der Waals surface area contributed by atoms with Gasteiger partial charge >= 0.3 is 0 Å². The Bertz CT molecular complexity index is 415. The molecule has 1 N–H and O–H groups in total. The van der Waals surface area contributed by atoms with Gasteiger partial charge in [0, 0.05) is 22.5 Å². The first kappa shape index (κ1) is 13.6. The van der Waals surface area contributed by atoms with Gasteiger partial charge in [-0.1, -0.05) is 47.8 Å². The molecule has 0 radical (unpaired) electrons. The summed E-state index contributed by atoms with van der Waals surface area (Å²) in [4.78, 5) is 0. The Kier molecular flexibility index (Phi) is 4.00. The van der Waals surface area contributed by atoms with Crippen LogP contribution < -0.4 is 5.32 Å². The van der Waals surface area contributed by atoms with E-state index in [2.05, 4.69) is 52.4 Å². The van der Waals surface area contributed by atoms with Crippen molar-refractivity contribution in [2.45, 2.75) is 56.9 Å². The highest BCUT2D eigenvalue weighted by Gasteiger charge is 2.45. The summed E-state index contributed by atoms with van der Waals surface area (Å²) in [7, 11) is 0. The van der Waals surface area contributed by atoms with Crippen molar-refractivity contribution in [1.29, 1.82) is 0 Å². The third-order valence-electron chi connectivity index (χ3n) is 4.82. The van der Waals surface area contributed by atoms with Crippen LogP contribution in [0.25, 0.3) is 0 Å². The van der Waals surface area contributed by atoms with Crippen LogP contribution >= 0.6 is 15.9 Å². The lowest BCUT2D eigenvalue weighted by molar-refractivity contribution is 0.128. The van der Waals surface area contributed by atoms with Gasteiger partial charge in [0.1, 0.15) is 0 Å². The van der Waals surface area contributed by atoms with E-state index in [1.807, 2.05) is 0 Å². The normalized spacial score (nSPS) is 30.1. The van der Waals surface area contributed by atoms with Crippen LogP contribution in [0.3, 0.4) is 0 Å². The first-order valence-corrected chi connectivity index (χ1v) is 8.50. The molecule has 0 spiro atoms. The van der Waals surface area contributed by atoms with Crippen LogP contribution in [-0.4, -0.2) is 12.6 Å². The molecule has 2 heteroatoms. The van der Waals surface area contributed by atoms with E-state index in [4.69, 9.17) is 0 Å².